The first-order valence-electron chi connectivity index (χ1n) is 11.1. The fourth-order valence-corrected chi connectivity index (χ4v) is 5.38. The monoisotopic (exact) mass is 532 g/mol. The average Bonchev–Trinajstić information content (AvgIpc) is 3.35. The predicted octanol–water partition coefficient (Wildman–Crippen LogP) is 6.44. The van der Waals surface area contributed by atoms with Crippen molar-refractivity contribution in [2.24, 2.45) is 0 Å². The van der Waals surface area contributed by atoms with Crippen molar-refractivity contribution in [1.29, 1.82) is 0 Å². The molecule has 0 bridgehead atoms. The first-order valence-corrected chi connectivity index (χ1v) is 12.3. The fraction of sp³-hybridized carbons (Fsp3) is 0.185. The molecule has 2 atom stereocenters. The van der Waals surface area contributed by atoms with Crippen LogP contribution in [0.15, 0.2) is 83.5 Å². The van der Waals surface area contributed by atoms with Crippen LogP contribution in [-0.2, 0) is 0 Å². The van der Waals surface area contributed by atoms with Crippen LogP contribution in [0.2, 0.25) is 0 Å². The number of hydrogen-bond acceptors (Lipinski definition) is 3. The van der Waals surface area contributed by atoms with Crippen molar-refractivity contribution in [1.82, 2.24) is 14.9 Å². The Hall–Kier alpha value is -3.16. The number of nitrogens with one attached hydrogen (secondary N) is 1. The topological polar surface area (TPSA) is 42.3 Å². The third-order valence-corrected chi connectivity index (χ3v) is 7.17. The summed E-state index contributed by atoms with van der Waals surface area (Å²) in [5.41, 5.74) is 6.63. The molecular formula is C27H25BrN4OS. The molecule has 5 rings (SSSR count). The molecule has 0 spiro atoms. The smallest absolute Gasteiger partial charge is 0.174 e. The highest BCUT2D eigenvalue weighted by Gasteiger charge is 2.42. The van der Waals surface area contributed by atoms with E-state index in [0.29, 0.717) is 5.11 Å². The van der Waals surface area contributed by atoms with E-state index < -0.39 is 0 Å². The van der Waals surface area contributed by atoms with Gasteiger partial charge in [0.1, 0.15) is 5.75 Å². The van der Waals surface area contributed by atoms with Crippen LogP contribution >= 0.6 is 28.1 Å². The van der Waals surface area contributed by atoms with Crippen molar-refractivity contribution in [2.75, 3.05) is 12.0 Å². The Kier molecular flexibility index (Phi) is 6.15. The second-order valence-electron chi connectivity index (χ2n) is 8.33. The normalized spacial score (nSPS) is 17.6. The highest BCUT2D eigenvalue weighted by molar-refractivity contribution is 9.10. The van der Waals surface area contributed by atoms with E-state index in [1.165, 1.54) is 11.3 Å². The zero-order valence-corrected chi connectivity index (χ0v) is 21.6. The molecule has 1 aliphatic rings. The van der Waals surface area contributed by atoms with Gasteiger partial charge in [-0.25, -0.2) is 0 Å². The molecular weight excluding hydrogens is 508 g/mol. The van der Waals surface area contributed by atoms with Crippen LogP contribution in [0.4, 0.5) is 5.69 Å². The molecule has 5 nitrogen and oxygen atoms in total. The van der Waals surface area contributed by atoms with E-state index in [1.54, 1.807) is 7.11 Å². The van der Waals surface area contributed by atoms with E-state index in [2.05, 4.69) is 85.9 Å². The van der Waals surface area contributed by atoms with Crippen molar-refractivity contribution < 1.29 is 4.74 Å². The maximum absolute atomic E-state index is 5.87. The second kappa shape index (κ2) is 9.24. The largest absolute Gasteiger partial charge is 0.497 e. The summed E-state index contributed by atoms with van der Waals surface area (Å²) in [6, 6.07) is 24.6. The van der Waals surface area contributed by atoms with Gasteiger partial charge in [-0.05, 0) is 98.4 Å². The van der Waals surface area contributed by atoms with Crippen LogP contribution < -0.4 is 15.0 Å². The Morgan fingerprint density at radius 1 is 0.971 bits per heavy atom. The van der Waals surface area contributed by atoms with Gasteiger partial charge < -0.3 is 19.5 Å². The van der Waals surface area contributed by atoms with Gasteiger partial charge in [0.15, 0.2) is 5.11 Å². The fourth-order valence-electron chi connectivity index (χ4n) is 4.77. The van der Waals surface area contributed by atoms with Crippen molar-refractivity contribution in [3.63, 3.8) is 0 Å². The first kappa shape index (κ1) is 22.6. The zero-order chi connectivity index (χ0) is 23.8. The summed E-state index contributed by atoms with van der Waals surface area (Å²) in [6.07, 6.45) is 1.83. The van der Waals surface area contributed by atoms with E-state index in [-0.39, 0.29) is 12.1 Å². The summed E-state index contributed by atoms with van der Waals surface area (Å²) in [6.45, 7) is 4.31. The number of thiocarbonyl (C=S) groups is 1. The maximum atomic E-state index is 5.87. The number of ether oxygens (including phenoxy) is 1. The van der Waals surface area contributed by atoms with Crippen LogP contribution in [0.3, 0.4) is 0 Å². The number of pyridine rings is 1. The SMILES string of the molecule is COc1ccc(-n2c(C)cc([C@@H]3[C@@H](c4ccccn4)NC(=S)N3c3ccc(Br)cc3)c2C)cc1. The lowest BCUT2D eigenvalue weighted by molar-refractivity contribution is 0.414. The number of methoxy groups -OCH3 is 1. The van der Waals surface area contributed by atoms with Gasteiger partial charge in [0, 0.05) is 33.4 Å². The molecule has 0 saturated carbocycles. The number of anilines is 1. The maximum Gasteiger partial charge on any atom is 0.174 e. The molecule has 2 aromatic heterocycles. The molecule has 0 unspecified atom stereocenters. The summed E-state index contributed by atoms with van der Waals surface area (Å²) < 4.78 is 8.66. The molecule has 0 aliphatic carbocycles. The predicted molar refractivity (Wildman–Crippen MR) is 144 cm³/mol. The number of aromatic nitrogens is 2. The van der Waals surface area contributed by atoms with E-state index in [1.807, 2.05) is 42.6 Å². The number of rotatable bonds is 5. The molecule has 1 fully saturated rings. The Labute approximate surface area is 213 Å². The highest BCUT2D eigenvalue weighted by Crippen LogP contribution is 2.43. The van der Waals surface area contributed by atoms with Crippen LogP contribution in [0.5, 0.6) is 5.75 Å². The van der Waals surface area contributed by atoms with Crippen LogP contribution in [0.25, 0.3) is 5.69 Å². The van der Waals surface area contributed by atoms with E-state index in [4.69, 9.17) is 17.0 Å². The number of nitrogens with zero attached hydrogens (tertiary/aromatic N) is 3. The number of aryl methyl sites for hydroxylation is 1. The average molecular weight is 533 g/mol. The molecule has 0 amide bonds. The number of hydrogen-bond donors (Lipinski definition) is 1. The zero-order valence-electron chi connectivity index (χ0n) is 19.2. The van der Waals surface area contributed by atoms with Gasteiger partial charge in [0.2, 0.25) is 0 Å². The van der Waals surface area contributed by atoms with Gasteiger partial charge in [-0.3, -0.25) is 4.98 Å². The van der Waals surface area contributed by atoms with Crippen molar-refractivity contribution in [2.45, 2.75) is 25.9 Å². The minimum absolute atomic E-state index is 0.0539. The molecule has 3 heterocycles. The van der Waals surface area contributed by atoms with E-state index >= 15 is 0 Å². The molecule has 2 aromatic carbocycles. The molecule has 172 valence electrons. The summed E-state index contributed by atoms with van der Waals surface area (Å²) in [7, 11) is 1.68. The van der Waals surface area contributed by atoms with Gasteiger partial charge in [-0.2, -0.15) is 0 Å². The van der Waals surface area contributed by atoms with Crippen LogP contribution in [0, 0.1) is 13.8 Å². The molecule has 0 radical (unpaired) electrons. The lowest BCUT2D eigenvalue weighted by Crippen LogP contribution is -2.29. The second-order valence-corrected chi connectivity index (χ2v) is 9.64. The van der Waals surface area contributed by atoms with Crippen molar-refractivity contribution in [3.8, 4) is 11.4 Å². The Morgan fingerprint density at radius 3 is 2.32 bits per heavy atom. The van der Waals surface area contributed by atoms with Gasteiger partial charge in [-0.1, -0.05) is 22.0 Å². The summed E-state index contributed by atoms with van der Waals surface area (Å²) in [5.74, 6) is 0.841. The Bertz CT molecular complexity index is 1320. The van der Waals surface area contributed by atoms with Crippen LogP contribution in [0.1, 0.15) is 34.7 Å². The molecule has 1 saturated heterocycles. The summed E-state index contributed by atoms with van der Waals surface area (Å²) in [4.78, 5) is 6.88. The van der Waals surface area contributed by atoms with Crippen LogP contribution in [-0.4, -0.2) is 21.8 Å². The Morgan fingerprint density at radius 2 is 1.68 bits per heavy atom. The standard InChI is InChI=1S/C27H25BrN4OS/c1-17-16-23(18(2)31(17)20-11-13-22(33-3)14-12-20)26-25(24-6-4-5-15-29-24)30-27(34)32(26)21-9-7-19(28)8-10-21/h4-16,25-26H,1-3H3,(H,30,34)/t25-,26-/m1/s1. The summed E-state index contributed by atoms with van der Waals surface area (Å²) >= 11 is 9.42. The Balaban J connectivity index is 1.65. The highest BCUT2D eigenvalue weighted by atomic mass is 79.9. The van der Waals surface area contributed by atoms with Crippen molar-refractivity contribution in [3.05, 3.63) is 106 Å². The molecule has 4 aromatic rings. The number of benzene rings is 2. The third-order valence-electron chi connectivity index (χ3n) is 6.32. The minimum atomic E-state index is -0.0813. The van der Waals surface area contributed by atoms with Gasteiger partial charge in [-0.15, -0.1) is 0 Å². The van der Waals surface area contributed by atoms with Crippen molar-refractivity contribution >= 4 is 38.9 Å². The molecule has 1 N–H and O–H groups in total. The lowest BCUT2D eigenvalue weighted by atomic mass is 9.96. The van der Waals surface area contributed by atoms with Gasteiger partial charge in [0.25, 0.3) is 0 Å². The first-order chi connectivity index (χ1) is 16.5. The quantitative estimate of drug-likeness (QED) is 0.299. The van der Waals surface area contributed by atoms with Gasteiger partial charge in [0.05, 0.1) is 24.9 Å². The molecule has 34 heavy (non-hydrogen) atoms. The third kappa shape index (κ3) is 3.99. The molecule has 7 heteroatoms. The number of halogens is 1. The van der Waals surface area contributed by atoms with E-state index in [9.17, 15) is 0 Å². The van der Waals surface area contributed by atoms with Gasteiger partial charge >= 0.3 is 0 Å². The molecule has 1 aliphatic heterocycles. The van der Waals surface area contributed by atoms with E-state index in [0.717, 1.165) is 33.0 Å². The summed E-state index contributed by atoms with van der Waals surface area (Å²) in [5, 5.41) is 4.24. The minimum Gasteiger partial charge on any atom is -0.497 e. The lowest BCUT2D eigenvalue weighted by Gasteiger charge is -2.28.